The van der Waals surface area contributed by atoms with E-state index in [1.807, 2.05) is 6.92 Å². The number of aryl methyl sites for hydroxylation is 1. The molecule has 0 radical (unpaired) electrons. The maximum Gasteiger partial charge on any atom is 0.134 e. The van der Waals surface area contributed by atoms with Crippen LogP contribution in [-0.2, 0) is 0 Å². The van der Waals surface area contributed by atoms with Crippen molar-refractivity contribution in [2.24, 2.45) is 0 Å². The SMILES string of the molecule is CCNc1cc(N2CCN(C3CC3)CC2)nc(C)n1. The van der Waals surface area contributed by atoms with E-state index < -0.39 is 0 Å². The molecule has 1 N–H and O–H groups in total. The average Bonchev–Trinajstić information content (AvgIpc) is 3.23. The summed E-state index contributed by atoms with van der Waals surface area (Å²) in [6.45, 7) is 9.45. The summed E-state index contributed by atoms with van der Waals surface area (Å²) in [5, 5.41) is 3.28. The van der Waals surface area contributed by atoms with Crippen molar-refractivity contribution in [2.45, 2.75) is 32.7 Å². The molecule has 0 amide bonds. The lowest BCUT2D eigenvalue weighted by Crippen LogP contribution is -2.47. The summed E-state index contributed by atoms with van der Waals surface area (Å²) in [5.74, 6) is 2.85. The van der Waals surface area contributed by atoms with Crippen LogP contribution < -0.4 is 10.2 Å². The molecule has 3 rings (SSSR count). The molecule has 2 aliphatic rings. The summed E-state index contributed by atoms with van der Waals surface area (Å²) in [4.78, 5) is 14.0. The molecule has 1 aromatic rings. The summed E-state index contributed by atoms with van der Waals surface area (Å²) in [6.07, 6.45) is 2.80. The van der Waals surface area contributed by atoms with Crippen LogP contribution >= 0.6 is 0 Å². The van der Waals surface area contributed by atoms with Gasteiger partial charge in [0.15, 0.2) is 0 Å². The van der Waals surface area contributed by atoms with Crippen molar-refractivity contribution in [2.75, 3.05) is 42.9 Å². The van der Waals surface area contributed by atoms with Crippen LogP contribution in [0.2, 0.25) is 0 Å². The van der Waals surface area contributed by atoms with Crippen molar-refractivity contribution in [3.8, 4) is 0 Å². The van der Waals surface area contributed by atoms with Gasteiger partial charge in [-0.15, -0.1) is 0 Å². The van der Waals surface area contributed by atoms with E-state index in [1.54, 1.807) is 0 Å². The third kappa shape index (κ3) is 2.97. The maximum absolute atomic E-state index is 4.58. The Kier molecular flexibility index (Phi) is 3.55. The minimum absolute atomic E-state index is 0.845. The monoisotopic (exact) mass is 261 g/mol. The average molecular weight is 261 g/mol. The van der Waals surface area contributed by atoms with Crippen LogP contribution in [0.15, 0.2) is 6.07 Å². The number of hydrogen-bond acceptors (Lipinski definition) is 5. The van der Waals surface area contributed by atoms with E-state index in [0.717, 1.165) is 43.1 Å². The fourth-order valence-corrected chi connectivity index (χ4v) is 2.74. The minimum Gasteiger partial charge on any atom is -0.370 e. The number of hydrogen-bond donors (Lipinski definition) is 1. The van der Waals surface area contributed by atoms with Gasteiger partial charge in [-0.1, -0.05) is 0 Å². The summed E-state index contributed by atoms with van der Waals surface area (Å²) in [5.41, 5.74) is 0. The molecule has 1 aliphatic heterocycles. The van der Waals surface area contributed by atoms with Crippen LogP contribution in [-0.4, -0.2) is 53.6 Å². The molecule has 0 atom stereocenters. The number of nitrogens with one attached hydrogen (secondary N) is 1. The molecule has 1 saturated carbocycles. The van der Waals surface area contributed by atoms with Crippen LogP contribution in [0.4, 0.5) is 11.6 Å². The van der Waals surface area contributed by atoms with Gasteiger partial charge in [0.2, 0.25) is 0 Å². The summed E-state index contributed by atoms with van der Waals surface area (Å²) in [6, 6.07) is 2.95. The predicted octanol–water partition coefficient (Wildman–Crippen LogP) is 1.50. The number of piperazine rings is 1. The molecule has 19 heavy (non-hydrogen) atoms. The molecule has 1 aliphatic carbocycles. The fourth-order valence-electron chi connectivity index (χ4n) is 2.74. The molecule has 0 bridgehead atoms. The van der Waals surface area contributed by atoms with E-state index in [0.29, 0.717) is 0 Å². The van der Waals surface area contributed by atoms with Crippen molar-refractivity contribution in [1.82, 2.24) is 14.9 Å². The van der Waals surface area contributed by atoms with Gasteiger partial charge in [-0.3, -0.25) is 4.90 Å². The second-order valence-corrected chi connectivity index (χ2v) is 5.44. The van der Waals surface area contributed by atoms with Gasteiger partial charge in [-0.05, 0) is 26.7 Å². The second-order valence-electron chi connectivity index (χ2n) is 5.44. The molecule has 2 fully saturated rings. The highest BCUT2D eigenvalue weighted by molar-refractivity contribution is 5.49. The van der Waals surface area contributed by atoms with E-state index in [-0.39, 0.29) is 0 Å². The fraction of sp³-hybridized carbons (Fsp3) is 0.714. The van der Waals surface area contributed by atoms with E-state index in [2.05, 4.69) is 38.1 Å². The van der Waals surface area contributed by atoms with Crippen molar-refractivity contribution in [3.05, 3.63) is 11.9 Å². The normalized spacial score (nSPS) is 20.6. The van der Waals surface area contributed by atoms with Gasteiger partial charge < -0.3 is 10.2 Å². The van der Waals surface area contributed by atoms with E-state index >= 15 is 0 Å². The lowest BCUT2D eigenvalue weighted by atomic mass is 10.3. The Bertz CT molecular complexity index is 435. The molecule has 0 spiro atoms. The highest BCUT2D eigenvalue weighted by Gasteiger charge is 2.31. The molecular formula is C14H23N5. The number of rotatable bonds is 4. The van der Waals surface area contributed by atoms with Crippen LogP contribution in [0.3, 0.4) is 0 Å². The zero-order valence-corrected chi connectivity index (χ0v) is 11.9. The minimum atomic E-state index is 0.845. The predicted molar refractivity (Wildman–Crippen MR) is 77.7 cm³/mol. The Morgan fingerprint density at radius 3 is 2.58 bits per heavy atom. The summed E-state index contributed by atoms with van der Waals surface area (Å²) >= 11 is 0. The first-order valence-corrected chi connectivity index (χ1v) is 7.35. The van der Waals surface area contributed by atoms with Crippen molar-refractivity contribution in [3.63, 3.8) is 0 Å². The highest BCUT2D eigenvalue weighted by atomic mass is 15.3. The first-order valence-electron chi connectivity index (χ1n) is 7.35. The largest absolute Gasteiger partial charge is 0.370 e. The molecule has 1 aromatic heterocycles. The highest BCUT2D eigenvalue weighted by Crippen LogP contribution is 2.28. The van der Waals surface area contributed by atoms with Gasteiger partial charge in [-0.25, -0.2) is 9.97 Å². The standard InChI is InChI=1S/C14H23N5/c1-3-15-13-10-14(17-11(2)16-13)19-8-6-18(7-9-19)12-4-5-12/h10,12H,3-9H2,1-2H3,(H,15,16,17). The van der Waals surface area contributed by atoms with Gasteiger partial charge in [0.1, 0.15) is 17.5 Å². The molecule has 1 saturated heterocycles. The zero-order valence-electron chi connectivity index (χ0n) is 11.9. The third-order valence-electron chi connectivity index (χ3n) is 3.88. The molecule has 0 aromatic carbocycles. The molecule has 104 valence electrons. The lowest BCUT2D eigenvalue weighted by molar-refractivity contribution is 0.247. The molecule has 5 nitrogen and oxygen atoms in total. The Morgan fingerprint density at radius 1 is 1.21 bits per heavy atom. The third-order valence-corrected chi connectivity index (χ3v) is 3.88. The van der Waals surface area contributed by atoms with Gasteiger partial charge >= 0.3 is 0 Å². The number of anilines is 2. The van der Waals surface area contributed by atoms with E-state index in [1.165, 1.54) is 25.9 Å². The molecule has 2 heterocycles. The molecular weight excluding hydrogens is 238 g/mol. The van der Waals surface area contributed by atoms with Crippen molar-refractivity contribution in [1.29, 1.82) is 0 Å². The Morgan fingerprint density at radius 2 is 1.95 bits per heavy atom. The lowest BCUT2D eigenvalue weighted by Gasteiger charge is -2.35. The smallest absolute Gasteiger partial charge is 0.134 e. The molecule has 0 unspecified atom stereocenters. The van der Waals surface area contributed by atoms with Crippen LogP contribution in [0.5, 0.6) is 0 Å². The van der Waals surface area contributed by atoms with E-state index in [4.69, 9.17) is 0 Å². The van der Waals surface area contributed by atoms with Crippen LogP contribution in [0.25, 0.3) is 0 Å². The van der Waals surface area contributed by atoms with Gasteiger partial charge in [0.05, 0.1) is 0 Å². The first-order chi connectivity index (χ1) is 9.26. The zero-order chi connectivity index (χ0) is 13.2. The Balaban J connectivity index is 1.68. The number of nitrogens with zero attached hydrogens (tertiary/aromatic N) is 4. The van der Waals surface area contributed by atoms with Crippen LogP contribution in [0, 0.1) is 6.92 Å². The van der Waals surface area contributed by atoms with Gasteiger partial charge in [-0.2, -0.15) is 0 Å². The van der Waals surface area contributed by atoms with Crippen molar-refractivity contribution < 1.29 is 0 Å². The topological polar surface area (TPSA) is 44.3 Å². The first kappa shape index (κ1) is 12.7. The Hall–Kier alpha value is -1.36. The Labute approximate surface area is 115 Å². The van der Waals surface area contributed by atoms with Crippen molar-refractivity contribution >= 4 is 11.6 Å². The molecule has 5 heteroatoms. The number of aromatic nitrogens is 2. The maximum atomic E-state index is 4.58. The summed E-state index contributed by atoms with van der Waals surface area (Å²) in [7, 11) is 0. The summed E-state index contributed by atoms with van der Waals surface area (Å²) < 4.78 is 0. The van der Waals surface area contributed by atoms with Gasteiger partial charge in [0.25, 0.3) is 0 Å². The van der Waals surface area contributed by atoms with Gasteiger partial charge in [0, 0.05) is 44.8 Å². The second kappa shape index (κ2) is 5.33. The quantitative estimate of drug-likeness (QED) is 0.890. The van der Waals surface area contributed by atoms with Crippen LogP contribution in [0.1, 0.15) is 25.6 Å². The van der Waals surface area contributed by atoms with E-state index in [9.17, 15) is 0 Å².